The number of hydrogen-bond donors (Lipinski definition) is 1. The van der Waals surface area contributed by atoms with Crippen LogP contribution in [0, 0.1) is 13.8 Å². The molecule has 0 bridgehead atoms. The van der Waals surface area contributed by atoms with Crippen molar-refractivity contribution in [1.82, 2.24) is 4.90 Å². The molecular weight excluding hydrogens is 514 g/mol. The lowest BCUT2D eigenvalue weighted by molar-refractivity contribution is -0.114. The summed E-state index contributed by atoms with van der Waals surface area (Å²) in [5.74, 6) is -0.827. The van der Waals surface area contributed by atoms with Gasteiger partial charge >= 0.3 is 0 Å². The normalized spacial score (nSPS) is 13.8. The van der Waals surface area contributed by atoms with Crippen LogP contribution in [0.15, 0.2) is 71.6 Å². The molecule has 8 nitrogen and oxygen atoms in total. The quantitative estimate of drug-likeness (QED) is 0.482. The van der Waals surface area contributed by atoms with Gasteiger partial charge in [-0.15, -0.1) is 0 Å². The number of carbonyl (C=O) groups excluding carboxylic acids is 2. The number of nitrogens with zero attached hydrogens (tertiary/aromatic N) is 2. The van der Waals surface area contributed by atoms with Crippen LogP contribution in [0.3, 0.4) is 0 Å². The Labute approximate surface area is 221 Å². The molecule has 1 fully saturated rings. The van der Waals surface area contributed by atoms with Gasteiger partial charge in [0.1, 0.15) is 6.54 Å². The predicted octanol–water partition coefficient (Wildman–Crippen LogP) is 4.26. The van der Waals surface area contributed by atoms with Gasteiger partial charge in [0, 0.05) is 18.1 Å². The number of anilines is 2. The van der Waals surface area contributed by atoms with Gasteiger partial charge in [0.2, 0.25) is 5.91 Å². The molecular formula is C27H28ClN3O5S. The van der Waals surface area contributed by atoms with Crippen molar-refractivity contribution in [3.05, 3.63) is 88.4 Å². The molecule has 1 aliphatic heterocycles. The Balaban J connectivity index is 1.65. The van der Waals surface area contributed by atoms with E-state index in [-0.39, 0.29) is 10.8 Å². The van der Waals surface area contributed by atoms with Crippen molar-refractivity contribution in [3.8, 4) is 0 Å². The minimum Gasteiger partial charge on any atom is -0.378 e. The van der Waals surface area contributed by atoms with Crippen molar-refractivity contribution in [2.45, 2.75) is 18.7 Å². The zero-order valence-corrected chi connectivity index (χ0v) is 22.2. The van der Waals surface area contributed by atoms with Crippen LogP contribution in [-0.2, 0) is 19.6 Å². The number of amides is 2. The number of ether oxygens (including phenoxy) is 1. The third kappa shape index (κ3) is 6.12. The number of carbonyl (C=O) groups is 2. The number of aryl methyl sites for hydroxylation is 2. The number of nitrogens with one attached hydrogen (secondary N) is 1. The fraction of sp³-hybridized carbons (Fsp3) is 0.259. The highest BCUT2D eigenvalue weighted by molar-refractivity contribution is 7.92. The standard InChI is InChI=1S/C27H28ClN3O5S/c1-19-7-11-22(12-8-19)37(34,35)31(25-17-21(28)10-9-20(25)2)18-26(32)29-24-6-4-3-5-23(24)27(33)30-13-15-36-16-14-30/h3-12,17H,13-16,18H2,1-2H3,(H,29,32). The second-order valence-corrected chi connectivity index (χ2v) is 11.1. The Kier molecular flexibility index (Phi) is 8.16. The zero-order valence-electron chi connectivity index (χ0n) is 20.6. The van der Waals surface area contributed by atoms with Crippen LogP contribution in [0.1, 0.15) is 21.5 Å². The van der Waals surface area contributed by atoms with Gasteiger partial charge in [-0.2, -0.15) is 0 Å². The average Bonchev–Trinajstić information content (AvgIpc) is 2.89. The number of benzene rings is 3. The molecule has 1 saturated heterocycles. The first-order valence-corrected chi connectivity index (χ1v) is 13.6. The third-order valence-electron chi connectivity index (χ3n) is 6.07. The first-order valence-electron chi connectivity index (χ1n) is 11.8. The van der Waals surface area contributed by atoms with E-state index in [1.165, 1.54) is 18.2 Å². The summed E-state index contributed by atoms with van der Waals surface area (Å²) in [5, 5.41) is 3.08. The van der Waals surface area contributed by atoms with Crippen molar-refractivity contribution >= 4 is 44.8 Å². The van der Waals surface area contributed by atoms with Gasteiger partial charge in [-0.25, -0.2) is 8.42 Å². The highest BCUT2D eigenvalue weighted by Crippen LogP contribution is 2.30. The summed E-state index contributed by atoms with van der Waals surface area (Å²) in [6, 6.07) is 18.0. The van der Waals surface area contributed by atoms with Crippen LogP contribution in [-0.4, -0.2) is 58.0 Å². The first kappa shape index (κ1) is 26.7. The highest BCUT2D eigenvalue weighted by atomic mass is 35.5. The van der Waals surface area contributed by atoms with E-state index in [0.29, 0.717) is 53.8 Å². The Morgan fingerprint density at radius 3 is 2.38 bits per heavy atom. The summed E-state index contributed by atoms with van der Waals surface area (Å²) < 4.78 is 33.8. The number of hydrogen-bond acceptors (Lipinski definition) is 5. The molecule has 37 heavy (non-hydrogen) atoms. The fourth-order valence-electron chi connectivity index (χ4n) is 4.02. The van der Waals surface area contributed by atoms with Crippen molar-refractivity contribution in [2.75, 3.05) is 42.5 Å². The van der Waals surface area contributed by atoms with Gasteiger partial charge in [0.25, 0.3) is 15.9 Å². The Hall–Kier alpha value is -3.40. The van der Waals surface area contributed by atoms with Gasteiger partial charge in [0.05, 0.1) is 35.0 Å². The maximum Gasteiger partial charge on any atom is 0.264 e. The lowest BCUT2D eigenvalue weighted by Gasteiger charge is -2.28. The summed E-state index contributed by atoms with van der Waals surface area (Å²) in [7, 11) is -4.12. The Morgan fingerprint density at radius 2 is 1.68 bits per heavy atom. The third-order valence-corrected chi connectivity index (χ3v) is 8.07. The number of sulfonamides is 1. The maximum absolute atomic E-state index is 13.7. The van der Waals surface area contributed by atoms with Crippen molar-refractivity contribution < 1.29 is 22.7 Å². The second-order valence-electron chi connectivity index (χ2n) is 8.75. The molecule has 1 aliphatic rings. The van der Waals surface area contributed by atoms with E-state index >= 15 is 0 Å². The molecule has 0 aliphatic carbocycles. The molecule has 1 N–H and O–H groups in total. The summed E-state index contributed by atoms with van der Waals surface area (Å²) in [6.45, 7) is 4.90. The molecule has 4 rings (SSSR count). The lowest BCUT2D eigenvalue weighted by atomic mass is 10.1. The van der Waals surface area contributed by atoms with E-state index in [1.54, 1.807) is 60.4 Å². The van der Waals surface area contributed by atoms with Crippen LogP contribution < -0.4 is 9.62 Å². The van der Waals surface area contributed by atoms with Crippen molar-refractivity contribution in [1.29, 1.82) is 0 Å². The molecule has 0 aromatic heterocycles. The van der Waals surface area contributed by atoms with Gasteiger partial charge < -0.3 is 15.0 Å². The molecule has 2 amide bonds. The molecule has 3 aromatic carbocycles. The second kappa shape index (κ2) is 11.3. The largest absolute Gasteiger partial charge is 0.378 e. The Bertz CT molecular complexity index is 1400. The van der Waals surface area contributed by atoms with Crippen molar-refractivity contribution in [3.63, 3.8) is 0 Å². The van der Waals surface area contributed by atoms with Crippen molar-refractivity contribution in [2.24, 2.45) is 0 Å². The van der Waals surface area contributed by atoms with E-state index in [9.17, 15) is 18.0 Å². The van der Waals surface area contributed by atoms with Gasteiger partial charge in [-0.05, 0) is 55.8 Å². The molecule has 0 unspecified atom stereocenters. The Morgan fingerprint density at radius 1 is 1.00 bits per heavy atom. The van der Waals surface area contributed by atoms with Crippen LogP contribution in [0.2, 0.25) is 5.02 Å². The lowest BCUT2D eigenvalue weighted by Crippen LogP contribution is -2.41. The molecule has 0 radical (unpaired) electrons. The number of para-hydroxylation sites is 1. The molecule has 0 saturated carbocycles. The minimum atomic E-state index is -4.12. The smallest absolute Gasteiger partial charge is 0.264 e. The topological polar surface area (TPSA) is 96.0 Å². The van der Waals surface area contributed by atoms with Crippen LogP contribution in [0.4, 0.5) is 11.4 Å². The van der Waals surface area contributed by atoms with Gasteiger partial charge in [-0.1, -0.05) is 47.5 Å². The van der Waals surface area contributed by atoms with Gasteiger partial charge in [-0.3, -0.25) is 13.9 Å². The van der Waals surface area contributed by atoms with Crippen LogP contribution in [0.25, 0.3) is 0 Å². The number of morpholine rings is 1. The zero-order chi connectivity index (χ0) is 26.6. The van der Waals surface area contributed by atoms with E-state index < -0.39 is 22.5 Å². The van der Waals surface area contributed by atoms with Crippen LogP contribution in [0.5, 0.6) is 0 Å². The van der Waals surface area contributed by atoms with E-state index in [1.807, 2.05) is 6.92 Å². The summed E-state index contributed by atoms with van der Waals surface area (Å²) in [6.07, 6.45) is 0. The highest BCUT2D eigenvalue weighted by Gasteiger charge is 2.29. The fourth-order valence-corrected chi connectivity index (χ4v) is 5.67. The minimum absolute atomic E-state index is 0.0492. The SMILES string of the molecule is Cc1ccc(S(=O)(=O)N(CC(=O)Nc2ccccc2C(=O)N2CCOCC2)c2cc(Cl)ccc2C)cc1. The molecule has 10 heteroatoms. The molecule has 0 atom stereocenters. The van der Waals surface area contributed by atoms with E-state index in [0.717, 1.165) is 9.87 Å². The first-order chi connectivity index (χ1) is 17.7. The summed E-state index contributed by atoms with van der Waals surface area (Å²) >= 11 is 6.20. The van der Waals surface area contributed by atoms with Gasteiger partial charge in [0.15, 0.2) is 0 Å². The molecule has 3 aromatic rings. The predicted molar refractivity (Wildman–Crippen MR) is 144 cm³/mol. The summed E-state index contributed by atoms with van der Waals surface area (Å²) in [5.41, 5.74) is 2.46. The molecule has 0 spiro atoms. The number of halogens is 1. The van der Waals surface area contributed by atoms with E-state index in [4.69, 9.17) is 16.3 Å². The average molecular weight is 542 g/mol. The summed E-state index contributed by atoms with van der Waals surface area (Å²) in [4.78, 5) is 28.1. The molecule has 194 valence electrons. The molecule has 1 heterocycles. The maximum atomic E-state index is 13.7. The number of rotatable bonds is 7. The van der Waals surface area contributed by atoms with E-state index in [2.05, 4.69) is 5.32 Å². The monoisotopic (exact) mass is 541 g/mol. The van der Waals surface area contributed by atoms with Crippen LogP contribution >= 0.6 is 11.6 Å².